The van der Waals surface area contributed by atoms with Crippen molar-refractivity contribution in [1.29, 1.82) is 0 Å². The topological polar surface area (TPSA) is 66.0 Å². The largest absolute Gasteiger partial charge is 0.368 e. The van der Waals surface area contributed by atoms with Crippen LogP contribution in [0.1, 0.15) is 26.2 Å². The average molecular weight is 284 g/mol. The molecule has 1 fully saturated rings. The zero-order valence-corrected chi connectivity index (χ0v) is 11.3. The highest BCUT2D eigenvalue weighted by Crippen LogP contribution is 2.20. The number of carbonyl (C=O) groups excluding carboxylic acids is 1. The quantitative estimate of drug-likeness (QED) is 0.715. The zero-order chi connectivity index (χ0) is 14.5. The fourth-order valence-electron chi connectivity index (χ4n) is 1.63. The molecule has 1 amide bonds. The highest BCUT2D eigenvalue weighted by molar-refractivity contribution is 5.81. The molecule has 0 saturated heterocycles. The molecule has 0 unspecified atom stereocenters. The first kappa shape index (κ1) is 14.5. The number of aromatic nitrogens is 1. The van der Waals surface area contributed by atoms with Gasteiger partial charge in [0.15, 0.2) is 23.3 Å². The minimum Gasteiger partial charge on any atom is -0.368 e. The lowest BCUT2D eigenvalue weighted by atomic mass is 10.3. The van der Waals surface area contributed by atoms with Crippen LogP contribution in [0.15, 0.2) is 6.07 Å². The fourth-order valence-corrected chi connectivity index (χ4v) is 1.63. The molecular formula is C13H18F2N4O. The number of anilines is 2. The van der Waals surface area contributed by atoms with Crippen LogP contribution in [-0.4, -0.2) is 30.0 Å². The van der Waals surface area contributed by atoms with Gasteiger partial charge in [-0.05, 0) is 19.3 Å². The Labute approximate surface area is 116 Å². The number of carbonyl (C=O) groups is 1. The van der Waals surface area contributed by atoms with E-state index in [-0.39, 0.29) is 30.1 Å². The van der Waals surface area contributed by atoms with Gasteiger partial charge in [-0.25, -0.2) is 13.8 Å². The van der Waals surface area contributed by atoms with Gasteiger partial charge in [0.05, 0.1) is 6.54 Å². The Morgan fingerprint density at radius 1 is 1.30 bits per heavy atom. The van der Waals surface area contributed by atoms with Gasteiger partial charge in [0.25, 0.3) is 0 Å². The molecule has 0 spiro atoms. The maximum Gasteiger partial charge on any atom is 0.239 e. The summed E-state index contributed by atoms with van der Waals surface area (Å²) in [7, 11) is 0. The summed E-state index contributed by atoms with van der Waals surface area (Å²) in [5.74, 6) is -1.93. The van der Waals surface area contributed by atoms with Crippen LogP contribution >= 0.6 is 0 Å². The molecule has 0 aromatic carbocycles. The second kappa shape index (κ2) is 6.49. The van der Waals surface area contributed by atoms with E-state index >= 15 is 0 Å². The van der Waals surface area contributed by atoms with Crippen molar-refractivity contribution in [2.45, 2.75) is 32.2 Å². The van der Waals surface area contributed by atoms with E-state index in [0.717, 1.165) is 25.3 Å². The maximum atomic E-state index is 13.6. The lowest BCUT2D eigenvalue weighted by Crippen LogP contribution is -2.31. The summed E-state index contributed by atoms with van der Waals surface area (Å²) in [4.78, 5) is 15.3. The standard InChI is InChI=1S/C13H18F2N4O/c1-2-5-16-12-9(14)6-10(15)13(19-12)17-7-11(20)18-8-3-4-8/h6,8H,2-5,7H2,1H3,(H,18,20)(H2,16,17,19). The monoisotopic (exact) mass is 284 g/mol. The van der Waals surface area contributed by atoms with Crippen molar-refractivity contribution < 1.29 is 13.6 Å². The highest BCUT2D eigenvalue weighted by Gasteiger charge is 2.23. The Bertz CT molecular complexity index is 492. The van der Waals surface area contributed by atoms with Gasteiger partial charge in [0, 0.05) is 18.7 Å². The molecular weight excluding hydrogens is 266 g/mol. The Morgan fingerprint density at radius 2 is 1.95 bits per heavy atom. The molecule has 0 radical (unpaired) electrons. The molecule has 1 aromatic rings. The van der Waals surface area contributed by atoms with E-state index in [4.69, 9.17) is 0 Å². The third-order valence-electron chi connectivity index (χ3n) is 2.83. The molecule has 3 N–H and O–H groups in total. The van der Waals surface area contributed by atoms with Crippen molar-refractivity contribution in [1.82, 2.24) is 10.3 Å². The molecule has 2 rings (SSSR count). The Hall–Kier alpha value is -1.92. The van der Waals surface area contributed by atoms with Gasteiger partial charge >= 0.3 is 0 Å². The second-order valence-electron chi connectivity index (χ2n) is 4.77. The van der Waals surface area contributed by atoms with Crippen LogP contribution in [0.2, 0.25) is 0 Å². The molecule has 0 aliphatic heterocycles. The lowest BCUT2D eigenvalue weighted by Gasteiger charge is -2.10. The van der Waals surface area contributed by atoms with E-state index in [2.05, 4.69) is 20.9 Å². The van der Waals surface area contributed by atoms with Gasteiger partial charge in [0.2, 0.25) is 5.91 Å². The Kier molecular flexibility index (Phi) is 4.70. The molecule has 5 nitrogen and oxygen atoms in total. The molecule has 1 aliphatic carbocycles. The van der Waals surface area contributed by atoms with E-state index in [1.807, 2.05) is 6.92 Å². The first-order valence-electron chi connectivity index (χ1n) is 6.73. The van der Waals surface area contributed by atoms with Crippen molar-refractivity contribution >= 4 is 17.5 Å². The summed E-state index contributed by atoms with van der Waals surface area (Å²) in [5.41, 5.74) is 0. The summed E-state index contributed by atoms with van der Waals surface area (Å²) < 4.78 is 27.0. The van der Waals surface area contributed by atoms with E-state index < -0.39 is 11.6 Å². The average Bonchev–Trinajstić information content (AvgIpc) is 3.20. The van der Waals surface area contributed by atoms with Gasteiger partial charge in [-0.1, -0.05) is 6.92 Å². The summed E-state index contributed by atoms with van der Waals surface area (Å²) in [6, 6.07) is 1.00. The number of hydrogen-bond acceptors (Lipinski definition) is 4. The van der Waals surface area contributed by atoms with E-state index in [0.29, 0.717) is 6.54 Å². The normalized spacial score (nSPS) is 13.9. The number of rotatable bonds is 7. The summed E-state index contributed by atoms with van der Waals surface area (Å²) in [6.07, 6.45) is 2.77. The number of pyridine rings is 1. The minimum atomic E-state index is -0.816. The molecule has 1 heterocycles. The highest BCUT2D eigenvalue weighted by atomic mass is 19.1. The first-order chi connectivity index (χ1) is 9.60. The molecule has 20 heavy (non-hydrogen) atoms. The zero-order valence-electron chi connectivity index (χ0n) is 11.3. The van der Waals surface area contributed by atoms with Crippen LogP contribution in [0.5, 0.6) is 0 Å². The van der Waals surface area contributed by atoms with Gasteiger partial charge in [-0.2, -0.15) is 0 Å². The minimum absolute atomic E-state index is 0.0154. The van der Waals surface area contributed by atoms with Crippen molar-refractivity contribution in [2.24, 2.45) is 0 Å². The number of amides is 1. The molecule has 0 bridgehead atoms. The second-order valence-corrected chi connectivity index (χ2v) is 4.77. The van der Waals surface area contributed by atoms with Crippen LogP contribution in [0.4, 0.5) is 20.4 Å². The fraction of sp³-hybridized carbons (Fsp3) is 0.538. The van der Waals surface area contributed by atoms with Crippen LogP contribution in [0.25, 0.3) is 0 Å². The van der Waals surface area contributed by atoms with Gasteiger partial charge in [-0.3, -0.25) is 4.79 Å². The van der Waals surface area contributed by atoms with Crippen molar-refractivity contribution in [2.75, 3.05) is 23.7 Å². The smallest absolute Gasteiger partial charge is 0.239 e. The third-order valence-corrected chi connectivity index (χ3v) is 2.83. The molecule has 1 saturated carbocycles. The van der Waals surface area contributed by atoms with Gasteiger partial charge in [-0.15, -0.1) is 0 Å². The van der Waals surface area contributed by atoms with E-state index in [1.165, 1.54) is 0 Å². The van der Waals surface area contributed by atoms with Crippen molar-refractivity contribution in [3.8, 4) is 0 Å². The van der Waals surface area contributed by atoms with E-state index in [1.54, 1.807) is 0 Å². The van der Waals surface area contributed by atoms with Crippen LogP contribution < -0.4 is 16.0 Å². The molecule has 1 aliphatic rings. The molecule has 1 aromatic heterocycles. The predicted molar refractivity (Wildman–Crippen MR) is 72.6 cm³/mol. The summed E-state index contributed by atoms with van der Waals surface area (Å²) in [5, 5.41) is 8.11. The molecule has 7 heteroatoms. The predicted octanol–water partition coefficient (Wildman–Crippen LogP) is 1.87. The Balaban J connectivity index is 1.96. The van der Waals surface area contributed by atoms with E-state index in [9.17, 15) is 13.6 Å². The lowest BCUT2D eigenvalue weighted by molar-refractivity contribution is -0.119. The molecule has 0 atom stereocenters. The van der Waals surface area contributed by atoms with Crippen molar-refractivity contribution in [3.05, 3.63) is 17.7 Å². The summed E-state index contributed by atoms with van der Waals surface area (Å²) in [6.45, 7) is 2.38. The van der Waals surface area contributed by atoms with Crippen molar-refractivity contribution in [3.63, 3.8) is 0 Å². The van der Waals surface area contributed by atoms with Gasteiger partial charge in [0.1, 0.15) is 0 Å². The molecule has 110 valence electrons. The van der Waals surface area contributed by atoms with Gasteiger partial charge < -0.3 is 16.0 Å². The third kappa shape index (κ3) is 4.04. The van der Waals surface area contributed by atoms with Crippen LogP contribution in [-0.2, 0) is 4.79 Å². The van der Waals surface area contributed by atoms with Crippen LogP contribution in [0, 0.1) is 11.6 Å². The number of nitrogens with one attached hydrogen (secondary N) is 3. The number of hydrogen-bond donors (Lipinski definition) is 3. The first-order valence-corrected chi connectivity index (χ1v) is 6.73. The summed E-state index contributed by atoms with van der Waals surface area (Å²) >= 11 is 0. The number of nitrogens with zero attached hydrogens (tertiary/aromatic N) is 1. The van der Waals surface area contributed by atoms with Crippen LogP contribution in [0.3, 0.4) is 0 Å². The Morgan fingerprint density at radius 3 is 2.55 bits per heavy atom. The number of halogens is 2. The maximum absolute atomic E-state index is 13.6. The SMILES string of the molecule is CCCNc1nc(NCC(=O)NC2CC2)c(F)cc1F.